The highest BCUT2D eigenvalue weighted by Crippen LogP contribution is 2.40. The molecule has 2 aliphatic rings. The quantitative estimate of drug-likeness (QED) is 0.0337. The van der Waals surface area contributed by atoms with E-state index in [0.29, 0.717) is 72.2 Å². The Morgan fingerprint density at radius 3 is 1.41 bits per heavy atom. The number of carbonyl (C=O) groups excluding carboxylic acids is 2. The number of nitrogens with one attached hydrogen (secondary N) is 6. The van der Waals surface area contributed by atoms with Gasteiger partial charge in [-0.1, -0.05) is 70.7 Å². The first-order valence-corrected chi connectivity index (χ1v) is 28.8. The number of unbranched alkanes of at least 4 members (excludes halogenated alkanes) is 1. The maximum absolute atomic E-state index is 13.1. The zero-order valence-corrected chi connectivity index (χ0v) is 46.2. The zero-order valence-electron chi connectivity index (χ0n) is 41.5. The molecule has 6 rings (SSSR count). The second-order valence-corrected chi connectivity index (χ2v) is 23.1. The lowest BCUT2D eigenvalue weighted by Gasteiger charge is -2.33. The number of rotatable bonds is 29. The normalized spacial score (nSPS) is 16.1. The number of urea groups is 2. The van der Waals surface area contributed by atoms with Gasteiger partial charge in [0.05, 0.1) is 62.6 Å². The summed E-state index contributed by atoms with van der Waals surface area (Å²) in [4.78, 5) is 28.8. The molecule has 2 aliphatic heterocycles. The number of halogens is 4. The van der Waals surface area contributed by atoms with Crippen LogP contribution < -0.4 is 30.7 Å². The summed E-state index contributed by atoms with van der Waals surface area (Å²) >= 11 is 25.7. The van der Waals surface area contributed by atoms with Crippen molar-refractivity contribution in [2.24, 2.45) is 0 Å². The molecule has 0 saturated heterocycles. The van der Waals surface area contributed by atoms with E-state index in [-0.39, 0.29) is 106 Å². The van der Waals surface area contributed by atoms with Gasteiger partial charge in [0, 0.05) is 97.4 Å². The van der Waals surface area contributed by atoms with Crippen LogP contribution in [0.5, 0.6) is 0 Å². The Kier molecular flexibility index (Phi) is 23.8. The van der Waals surface area contributed by atoms with Crippen molar-refractivity contribution in [1.29, 1.82) is 0 Å². The minimum atomic E-state index is -3.79. The van der Waals surface area contributed by atoms with Crippen LogP contribution in [0.1, 0.15) is 58.1 Å². The van der Waals surface area contributed by atoms with E-state index in [4.69, 9.17) is 65.4 Å². The Balaban J connectivity index is 0.701. The van der Waals surface area contributed by atoms with Gasteiger partial charge in [-0.3, -0.25) is 0 Å². The number of carbonyl (C=O) groups is 2. The van der Waals surface area contributed by atoms with Gasteiger partial charge in [0.15, 0.2) is 0 Å². The highest BCUT2D eigenvalue weighted by molar-refractivity contribution is 7.89. The van der Waals surface area contributed by atoms with Crippen LogP contribution in [-0.2, 0) is 52.1 Å². The maximum atomic E-state index is 13.1. The average Bonchev–Trinajstić information content (AvgIpc) is 3.36. The summed E-state index contributed by atoms with van der Waals surface area (Å²) < 4.78 is 79.3. The van der Waals surface area contributed by atoms with Gasteiger partial charge in [0.1, 0.15) is 0 Å². The van der Waals surface area contributed by atoms with Gasteiger partial charge >= 0.3 is 12.1 Å². The smallest absolute Gasteiger partial charge is 0.314 e. The third-order valence-corrected chi connectivity index (χ3v) is 16.3. The van der Waals surface area contributed by atoms with Gasteiger partial charge in [-0.15, -0.1) is 0 Å². The van der Waals surface area contributed by atoms with E-state index < -0.39 is 20.0 Å². The largest absolute Gasteiger partial charge is 0.378 e. The topological polar surface area (TPSA) is 218 Å². The molecule has 0 aliphatic carbocycles. The van der Waals surface area contributed by atoms with E-state index in [9.17, 15) is 26.4 Å². The molecule has 0 bridgehead atoms. The third kappa shape index (κ3) is 18.4. The van der Waals surface area contributed by atoms with Gasteiger partial charge in [-0.05, 0) is 109 Å². The molecule has 24 heteroatoms. The van der Waals surface area contributed by atoms with E-state index >= 15 is 0 Å². The number of sulfonamides is 2. The maximum Gasteiger partial charge on any atom is 0.314 e. The van der Waals surface area contributed by atoms with E-state index in [1.165, 1.54) is 0 Å². The summed E-state index contributed by atoms with van der Waals surface area (Å²) in [7, 11) is -3.52. The highest BCUT2D eigenvalue weighted by Gasteiger charge is 2.29. The molecule has 0 unspecified atom stereocenters. The Bertz CT molecular complexity index is 2710. The van der Waals surface area contributed by atoms with Crippen LogP contribution >= 0.6 is 46.4 Å². The van der Waals surface area contributed by atoms with Crippen LogP contribution in [0.4, 0.5) is 9.59 Å². The second kappa shape index (κ2) is 29.6. The van der Waals surface area contributed by atoms with Crippen molar-refractivity contribution in [2.45, 2.75) is 47.6 Å². The molecular weight excluding hydrogens is 1080 g/mol. The number of amides is 4. The van der Waals surface area contributed by atoms with Crippen LogP contribution in [0.15, 0.2) is 82.6 Å². The first-order valence-electron chi connectivity index (χ1n) is 24.4. The number of hydrogen-bond acceptors (Lipinski definition) is 12. The molecule has 2 heterocycles. The Morgan fingerprint density at radius 2 is 0.932 bits per heavy atom. The lowest BCUT2D eigenvalue weighted by molar-refractivity contribution is 0.0516. The Labute approximate surface area is 454 Å². The molecule has 0 saturated carbocycles. The van der Waals surface area contributed by atoms with E-state index in [2.05, 4.69) is 40.5 Å². The van der Waals surface area contributed by atoms with Crippen molar-refractivity contribution in [3.05, 3.63) is 126 Å². The van der Waals surface area contributed by atoms with Gasteiger partial charge in [-0.25, -0.2) is 35.9 Å². The van der Waals surface area contributed by atoms with Gasteiger partial charge in [0.2, 0.25) is 20.0 Å². The first-order chi connectivity index (χ1) is 35.5. The van der Waals surface area contributed by atoms with E-state index in [0.717, 1.165) is 39.9 Å². The monoisotopic (exact) mass is 1140 g/mol. The number of benzene rings is 4. The van der Waals surface area contributed by atoms with Crippen molar-refractivity contribution in [2.75, 3.05) is 119 Å². The summed E-state index contributed by atoms with van der Waals surface area (Å²) in [5.41, 5.74) is 5.88. The number of fused-ring (bicyclic) bond motifs is 2. The van der Waals surface area contributed by atoms with Crippen molar-refractivity contribution in [3.63, 3.8) is 0 Å². The second-order valence-electron chi connectivity index (χ2n) is 17.9. The number of likely N-dealkylation sites (N-methyl/N-ethyl adjacent to an activating group) is 2. The number of hydrogen-bond donors (Lipinski definition) is 6. The molecule has 4 aromatic carbocycles. The fraction of sp³-hybridized carbons (Fsp3) is 0.480. The summed E-state index contributed by atoms with van der Waals surface area (Å²) in [5, 5.41) is 13.3. The predicted octanol–water partition coefficient (Wildman–Crippen LogP) is 6.16. The lowest BCUT2D eigenvalue weighted by Crippen LogP contribution is -2.39. The fourth-order valence-corrected chi connectivity index (χ4v) is 11.8. The summed E-state index contributed by atoms with van der Waals surface area (Å²) in [6.45, 7) is 6.31. The highest BCUT2D eigenvalue weighted by atomic mass is 35.5. The molecule has 4 amide bonds. The SMILES string of the molecule is CN1Cc2c(Cl)cc(Cl)cc2[C@@H](c2ccc(S(=O)(=O)NCCOCCOCCNC(=O)NCCCCNC(=O)NCCOCCOCCNS(=O)(=O)c3cccc([C@@H]4CN(C)Cc5c(Cl)cc(Cl)cc54)c3)cc2)C1. The van der Waals surface area contributed by atoms with Crippen LogP contribution in [0.25, 0.3) is 0 Å². The molecule has 2 atom stereocenters. The molecule has 0 fully saturated rings. The minimum absolute atomic E-state index is 0.0000490. The molecule has 74 heavy (non-hydrogen) atoms. The summed E-state index contributed by atoms with van der Waals surface area (Å²) in [6, 6.07) is 20.4. The third-order valence-electron chi connectivity index (χ3n) is 12.2. The molecule has 0 aromatic heterocycles. The zero-order chi connectivity index (χ0) is 53.1. The van der Waals surface area contributed by atoms with Crippen molar-refractivity contribution >= 4 is 78.5 Å². The summed E-state index contributed by atoms with van der Waals surface area (Å²) in [6.07, 6.45) is 1.31. The molecule has 18 nitrogen and oxygen atoms in total. The molecule has 0 radical (unpaired) electrons. The van der Waals surface area contributed by atoms with Crippen LogP contribution in [0.3, 0.4) is 0 Å². The van der Waals surface area contributed by atoms with Crippen molar-refractivity contribution in [1.82, 2.24) is 40.5 Å². The molecule has 406 valence electrons. The standard InChI is InChI=1S/C50H66Cl4N8O10S2/c1-61-31-43(41-27-37(51)29-47(53)45(41)33-61)35-8-10-39(11-9-35)73(65,66)59-16-20-71-24-22-69-18-14-57-49(63)55-12-3-4-13-56-50(64)58-15-19-70-23-25-72-21-17-60-74(67,68)40-7-5-6-36(26-40)44-32-62(2)34-46-42(44)28-38(52)30-48(46)54/h5-11,26-30,43-44,59-60H,3-4,12-25,31-34H2,1-2H3,(H2,55,57,63)(H2,56,58,64)/t43-,44+/m1/s1. The number of ether oxygens (including phenoxy) is 4. The lowest BCUT2D eigenvalue weighted by atomic mass is 9.85. The van der Waals surface area contributed by atoms with Crippen LogP contribution in [0.2, 0.25) is 20.1 Å². The van der Waals surface area contributed by atoms with Gasteiger partial charge in [0.25, 0.3) is 0 Å². The molecule has 0 spiro atoms. The van der Waals surface area contributed by atoms with Crippen molar-refractivity contribution in [3.8, 4) is 0 Å². The van der Waals surface area contributed by atoms with E-state index in [1.54, 1.807) is 42.5 Å². The Morgan fingerprint density at radius 1 is 0.514 bits per heavy atom. The Hall–Kier alpha value is -3.84. The van der Waals surface area contributed by atoms with Crippen LogP contribution in [-0.4, -0.2) is 158 Å². The first kappa shape index (κ1) is 59.4. The predicted molar refractivity (Wildman–Crippen MR) is 288 cm³/mol. The van der Waals surface area contributed by atoms with Crippen molar-refractivity contribution < 1.29 is 45.4 Å². The molecule has 6 N–H and O–H groups in total. The summed E-state index contributed by atoms with van der Waals surface area (Å²) in [5.74, 6) is -0.0949. The number of nitrogens with zero attached hydrogens (tertiary/aromatic N) is 2. The van der Waals surface area contributed by atoms with Gasteiger partial charge < -0.3 is 50.0 Å². The average molecular weight is 1150 g/mol. The molecular formula is C50H66Cl4N8O10S2. The van der Waals surface area contributed by atoms with E-state index in [1.807, 2.05) is 44.4 Å². The van der Waals surface area contributed by atoms with Crippen LogP contribution in [0, 0.1) is 0 Å². The minimum Gasteiger partial charge on any atom is -0.378 e. The fourth-order valence-electron chi connectivity index (χ4n) is 8.60. The molecule has 4 aromatic rings. The van der Waals surface area contributed by atoms with Gasteiger partial charge in [-0.2, -0.15) is 0 Å².